The molecule has 0 spiro atoms. The van der Waals surface area contributed by atoms with E-state index in [4.69, 9.17) is 14.6 Å². The van der Waals surface area contributed by atoms with Gasteiger partial charge >= 0.3 is 12.1 Å². The molecule has 33 heavy (non-hydrogen) atoms. The molecule has 0 bridgehead atoms. The average molecular weight is 469 g/mol. The zero-order chi connectivity index (χ0) is 24.4. The average Bonchev–Trinajstić information content (AvgIpc) is 3.25. The van der Waals surface area contributed by atoms with Crippen LogP contribution >= 0.6 is 0 Å². The van der Waals surface area contributed by atoms with Crippen molar-refractivity contribution in [2.45, 2.75) is 135 Å². The fourth-order valence-electron chi connectivity index (χ4n) is 5.39. The maximum absolute atomic E-state index is 12.2. The van der Waals surface area contributed by atoms with Crippen molar-refractivity contribution >= 4 is 12.1 Å². The number of nitrogens with zero attached hydrogens (tertiary/aromatic N) is 1. The Labute approximate surface area is 201 Å². The number of carboxylic acids is 1. The summed E-state index contributed by atoms with van der Waals surface area (Å²) in [6.07, 6.45) is 15.2. The van der Waals surface area contributed by atoms with E-state index in [1.165, 1.54) is 71.3 Å². The Kier molecular flexibility index (Phi) is 11.4. The number of rotatable bonds is 6. The summed E-state index contributed by atoms with van der Waals surface area (Å²) in [5, 5.41) is 13.0. The lowest BCUT2D eigenvalue weighted by molar-refractivity contribution is -0.147. The minimum atomic E-state index is -0.923. The van der Waals surface area contributed by atoms with Gasteiger partial charge in [-0.05, 0) is 66.2 Å². The second-order valence-corrected chi connectivity index (χ2v) is 11.0. The summed E-state index contributed by atoms with van der Waals surface area (Å²) in [6.45, 7) is 7.60. The van der Waals surface area contributed by atoms with Gasteiger partial charge in [-0.2, -0.15) is 0 Å². The van der Waals surface area contributed by atoms with Gasteiger partial charge in [-0.3, -0.25) is 4.79 Å². The summed E-state index contributed by atoms with van der Waals surface area (Å²) in [5.74, 6) is -1.60. The number of nitrogens with one attached hydrogen (secondary N) is 1. The van der Waals surface area contributed by atoms with Gasteiger partial charge in [0.1, 0.15) is 5.60 Å². The van der Waals surface area contributed by atoms with E-state index in [2.05, 4.69) is 5.32 Å². The fourth-order valence-corrected chi connectivity index (χ4v) is 5.39. The van der Waals surface area contributed by atoms with Crippen LogP contribution < -0.4 is 5.32 Å². The lowest BCUT2D eigenvalue weighted by atomic mass is 9.91. The number of carbonyl (C=O) groups is 2. The summed E-state index contributed by atoms with van der Waals surface area (Å²) in [4.78, 5) is 24.9. The molecule has 0 aromatic heterocycles. The molecule has 2 N–H and O–H groups in total. The Hall–Kier alpha value is -1.34. The summed E-state index contributed by atoms with van der Waals surface area (Å²) in [7, 11) is 1.48. The summed E-state index contributed by atoms with van der Waals surface area (Å²) in [6, 6.07) is 1.50. The standard InChI is InChI=1S/C14H25NO5.C12H23N/c1-9(12(16)17)11(19-5)10-7-6-8-15(10)13(18)20-14(2,3)4;1-3-7-11(8-4-1)13-12-9-5-2-6-10-12/h9-11H,6-8H2,1-5H3,(H,16,17);11-13H,1-10H2/t9-,10+,11-;/m0./s1. The van der Waals surface area contributed by atoms with Crippen molar-refractivity contribution < 1.29 is 24.2 Å². The molecule has 2 saturated carbocycles. The first-order valence-electron chi connectivity index (χ1n) is 13.1. The molecule has 2 aliphatic carbocycles. The molecular weight excluding hydrogens is 420 g/mol. The molecule has 3 rings (SSSR count). The number of hydrogen-bond donors (Lipinski definition) is 2. The Morgan fingerprint density at radius 3 is 1.85 bits per heavy atom. The van der Waals surface area contributed by atoms with Crippen LogP contribution in [0.25, 0.3) is 0 Å². The van der Waals surface area contributed by atoms with Gasteiger partial charge in [0.2, 0.25) is 0 Å². The third-order valence-corrected chi connectivity index (χ3v) is 7.14. The van der Waals surface area contributed by atoms with Gasteiger partial charge in [-0.15, -0.1) is 0 Å². The monoisotopic (exact) mass is 468 g/mol. The molecule has 3 aliphatic rings. The van der Waals surface area contributed by atoms with E-state index in [-0.39, 0.29) is 6.04 Å². The van der Waals surface area contributed by atoms with E-state index in [1.54, 1.807) is 11.8 Å². The van der Waals surface area contributed by atoms with Crippen molar-refractivity contribution in [2.75, 3.05) is 13.7 Å². The first kappa shape index (κ1) is 27.9. The predicted octanol–water partition coefficient (Wildman–Crippen LogP) is 5.36. The second-order valence-electron chi connectivity index (χ2n) is 11.0. The summed E-state index contributed by atoms with van der Waals surface area (Å²) >= 11 is 0. The molecule has 0 aromatic carbocycles. The Morgan fingerprint density at radius 2 is 1.42 bits per heavy atom. The van der Waals surface area contributed by atoms with E-state index in [0.29, 0.717) is 6.54 Å². The molecule has 0 radical (unpaired) electrons. The summed E-state index contributed by atoms with van der Waals surface area (Å²) < 4.78 is 10.7. The highest BCUT2D eigenvalue weighted by atomic mass is 16.6. The zero-order valence-corrected chi connectivity index (χ0v) is 21.6. The highest BCUT2D eigenvalue weighted by Crippen LogP contribution is 2.28. The second kappa shape index (κ2) is 13.5. The molecule has 3 fully saturated rings. The smallest absolute Gasteiger partial charge is 0.410 e. The lowest BCUT2D eigenvalue weighted by Gasteiger charge is -2.34. The van der Waals surface area contributed by atoms with Crippen molar-refractivity contribution in [3.05, 3.63) is 0 Å². The molecule has 1 saturated heterocycles. The molecule has 0 aromatic rings. The minimum absolute atomic E-state index is 0.249. The van der Waals surface area contributed by atoms with Gasteiger partial charge in [0, 0.05) is 25.7 Å². The number of carboxylic acid groups (broad SMARTS) is 1. The predicted molar refractivity (Wildman–Crippen MR) is 130 cm³/mol. The Morgan fingerprint density at radius 1 is 0.909 bits per heavy atom. The van der Waals surface area contributed by atoms with Crippen LogP contribution in [0.15, 0.2) is 0 Å². The third-order valence-electron chi connectivity index (χ3n) is 7.14. The number of ether oxygens (including phenoxy) is 2. The normalized spacial score (nSPS) is 24.5. The van der Waals surface area contributed by atoms with E-state index in [1.807, 2.05) is 20.8 Å². The maximum atomic E-state index is 12.2. The zero-order valence-electron chi connectivity index (χ0n) is 21.6. The molecule has 192 valence electrons. The van der Waals surface area contributed by atoms with Crippen LogP contribution in [0.2, 0.25) is 0 Å². The molecule has 7 nitrogen and oxygen atoms in total. The number of aliphatic carboxylic acids is 1. The van der Waals surface area contributed by atoms with Gasteiger partial charge < -0.3 is 24.8 Å². The molecule has 3 atom stereocenters. The first-order valence-corrected chi connectivity index (χ1v) is 13.1. The Bertz CT molecular complexity index is 578. The minimum Gasteiger partial charge on any atom is -0.481 e. The summed E-state index contributed by atoms with van der Waals surface area (Å²) in [5.41, 5.74) is -0.564. The number of likely N-dealkylation sites (tertiary alicyclic amines) is 1. The van der Waals surface area contributed by atoms with Crippen LogP contribution in [0.5, 0.6) is 0 Å². The van der Waals surface area contributed by atoms with Gasteiger partial charge in [0.15, 0.2) is 0 Å². The van der Waals surface area contributed by atoms with Crippen molar-refractivity contribution in [2.24, 2.45) is 5.92 Å². The number of hydrogen-bond acceptors (Lipinski definition) is 5. The molecule has 1 heterocycles. The van der Waals surface area contributed by atoms with Gasteiger partial charge in [-0.1, -0.05) is 38.5 Å². The number of methoxy groups -OCH3 is 1. The van der Waals surface area contributed by atoms with E-state index in [0.717, 1.165) is 24.9 Å². The van der Waals surface area contributed by atoms with Crippen molar-refractivity contribution in [1.29, 1.82) is 0 Å². The van der Waals surface area contributed by atoms with Crippen LogP contribution in [-0.2, 0) is 14.3 Å². The number of amides is 1. The van der Waals surface area contributed by atoms with Gasteiger partial charge in [-0.25, -0.2) is 4.79 Å². The number of carbonyl (C=O) groups excluding carboxylic acids is 1. The largest absolute Gasteiger partial charge is 0.481 e. The fraction of sp³-hybridized carbons (Fsp3) is 0.923. The van der Waals surface area contributed by atoms with Crippen molar-refractivity contribution in [3.63, 3.8) is 0 Å². The van der Waals surface area contributed by atoms with Crippen molar-refractivity contribution in [3.8, 4) is 0 Å². The van der Waals surface area contributed by atoms with Crippen molar-refractivity contribution in [1.82, 2.24) is 10.2 Å². The SMILES string of the molecule is C1CCC(NC2CCCCC2)CC1.CO[C@@H]([C@H](C)C(=O)O)[C@H]1CCCN1C(=O)OC(C)(C)C. The quantitative estimate of drug-likeness (QED) is 0.545. The van der Waals surface area contributed by atoms with Crippen LogP contribution in [0, 0.1) is 5.92 Å². The van der Waals surface area contributed by atoms with Crippen LogP contribution in [0.4, 0.5) is 4.79 Å². The first-order chi connectivity index (χ1) is 15.6. The highest BCUT2D eigenvalue weighted by Gasteiger charge is 2.41. The topological polar surface area (TPSA) is 88.1 Å². The molecule has 1 aliphatic heterocycles. The maximum Gasteiger partial charge on any atom is 0.410 e. The van der Waals surface area contributed by atoms with Crippen LogP contribution in [-0.4, -0.2) is 65.6 Å². The third kappa shape index (κ3) is 9.44. The molecule has 0 unspecified atom stereocenters. The highest BCUT2D eigenvalue weighted by molar-refractivity contribution is 5.71. The van der Waals surface area contributed by atoms with E-state index >= 15 is 0 Å². The van der Waals surface area contributed by atoms with Crippen LogP contribution in [0.1, 0.15) is 105 Å². The molecule has 1 amide bonds. The molecular formula is C26H48N2O5. The Balaban J connectivity index is 0.000000254. The lowest BCUT2D eigenvalue weighted by Crippen LogP contribution is -2.49. The van der Waals surface area contributed by atoms with Gasteiger partial charge in [0.25, 0.3) is 0 Å². The van der Waals surface area contributed by atoms with Crippen LogP contribution in [0.3, 0.4) is 0 Å². The van der Waals surface area contributed by atoms with E-state index in [9.17, 15) is 9.59 Å². The van der Waals surface area contributed by atoms with E-state index < -0.39 is 29.7 Å². The van der Waals surface area contributed by atoms with Gasteiger partial charge in [0.05, 0.1) is 18.1 Å². The molecule has 7 heteroatoms.